The molecule has 7 atom stereocenters. The molecular formula is C44H55Cl2NO4. The van der Waals surface area contributed by atoms with Crippen molar-refractivity contribution in [3.8, 4) is 0 Å². The average molecular weight is 733 g/mol. The van der Waals surface area contributed by atoms with Crippen LogP contribution in [0, 0.1) is 50.2 Å². The van der Waals surface area contributed by atoms with Crippen LogP contribution in [-0.4, -0.2) is 17.5 Å². The van der Waals surface area contributed by atoms with E-state index in [4.69, 9.17) is 32.8 Å². The highest BCUT2D eigenvalue weighted by Crippen LogP contribution is 2.75. The fourth-order valence-corrected chi connectivity index (χ4v) is 12.6. The van der Waals surface area contributed by atoms with Gasteiger partial charge in [-0.15, -0.1) is 0 Å². The van der Waals surface area contributed by atoms with Crippen LogP contribution in [0.5, 0.6) is 0 Å². The summed E-state index contributed by atoms with van der Waals surface area (Å²) in [6.45, 7) is 17.0. The van der Waals surface area contributed by atoms with E-state index in [-0.39, 0.29) is 51.9 Å². The first kappa shape index (κ1) is 36.7. The van der Waals surface area contributed by atoms with Gasteiger partial charge in [0.25, 0.3) is 0 Å². The number of ether oxygens (including phenoxy) is 1. The van der Waals surface area contributed by atoms with Gasteiger partial charge in [-0.25, -0.2) is 0 Å². The van der Waals surface area contributed by atoms with E-state index in [9.17, 15) is 9.59 Å². The number of rotatable bonds is 6. The number of carbonyl (C=O) groups is 2. The second-order valence-corrected chi connectivity index (χ2v) is 19.6. The second kappa shape index (κ2) is 12.8. The van der Waals surface area contributed by atoms with Crippen LogP contribution in [-0.2, 0) is 32.4 Å². The summed E-state index contributed by atoms with van der Waals surface area (Å²) in [6.07, 6.45) is 10.9. The molecule has 2 aromatic carbocycles. The Morgan fingerprint density at radius 2 is 1.61 bits per heavy atom. The van der Waals surface area contributed by atoms with Crippen LogP contribution >= 0.6 is 23.2 Å². The monoisotopic (exact) mass is 731 g/mol. The van der Waals surface area contributed by atoms with Gasteiger partial charge in [-0.3, -0.25) is 9.59 Å². The van der Waals surface area contributed by atoms with Crippen molar-refractivity contribution >= 4 is 40.7 Å². The lowest BCUT2D eigenvalue weighted by atomic mass is 9.33. The van der Waals surface area contributed by atoms with Crippen molar-refractivity contribution in [2.75, 3.05) is 0 Å². The van der Waals surface area contributed by atoms with Gasteiger partial charge in [-0.05, 0) is 108 Å². The molecule has 4 saturated carbocycles. The first-order valence-corrected chi connectivity index (χ1v) is 19.8. The predicted molar refractivity (Wildman–Crippen MR) is 204 cm³/mol. The summed E-state index contributed by atoms with van der Waals surface area (Å²) in [5.74, 6) is 0.847. The molecule has 4 fully saturated rings. The Balaban J connectivity index is 1.21. The molecule has 0 amide bonds. The summed E-state index contributed by atoms with van der Waals surface area (Å²) in [5, 5.41) is 5.65. The first-order chi connectivity index (χ1) is 24.0. The number of allylic oxidation sites excluding steroid dienone is 2. The quantitative estimate of drug-likeness (QED) is 0.168. The van der Waals surface area contributed by atoms with Crippen LogP contribution in [0.1, 0.15) is 117 Å². The summed E-state index contributed by atoms with van der Waals surface area (Å²) < 4.78 is 6.21. The van der Waals surface area contributed by atoms with E-state index in [1.165, 1.54) is 5.57 Å². The minimum atomic E-state index is -0.559. The fourth-order valence-electron chi connectivity index (χ4n) is 12.1. The largest absolute Gasteiger partial charge is 0.460 e. The van der Waals surface area contributed by atoms with Gasteiger partial charge >= 0.3 is 5.97 Å². The molecule has 0 aromatic heterocycles. The molecular weight excluding hydrogens is 677 g/mol. The molecule has 0 aliphatic heterocycles. The molecule has 274 valence electrons. The van der Waals surface area contributed by atoms with Crippen LogP contribution in [0.25, 0.3) is 0 Å². The highest BCUT2D eigenvalue weighted by molar-refractivity contribution is 6.42. The van der Waals surface area contributed by atoms with Gasteiger partial charge in [0.05, 0.1) is 5.41 Å². The number of hydrogen-bond acceptors (Lipinski definition) is 5. The molecule has 5 aliphatic carbocycles. The first-order valence-electron chi connectivity index (χ1n) is 19.1. The van der Waals surface area contributed by atoms with E-state index in [1.54, 1.807) is 12.1 Å². The Morgan fingerprint density at radius 1 is 0.882 bits per heavy atom. The molecule has 0 radical (unpaired) electrons. The molecule has 2 unspecified atom stereocenters. The van der Waals surface area contributed by atoms with Gasteiger partial charge < -0.3 is 9.57 Å². The number of Topliss-reactive ketones (excluding diaryl/α,β-unsaturated/α-hetero) is 1. The third-order valence-electron chi connectivity index (χ3n) is 15.2. The zero-order valence-corrected chi connectivity index (χ0v) is 33.1. The van der Waals surface area contributed by atoms with E-state index < -0.39 is 10.8 Å². The van der Waals surface area contributed by atoms with Crippen LogP contribution < -0.4 is 0 Å². The van der Waals surface area contributed by atoms with Crippen molar-refractivity contribution in [1.29, 1.82) is 0 Å². The lowest BCUT2D eigenvalue weighted by molar-refractivity contribution is -0.185. The Morgan fingerprint density at radius 3 is 2.33 bits per heavy atom. The summed E-state index contributed by atoms with van der Waals surface area (Å²) >= 11 is 12.5. The van der Waals surface area contributed by atoms with Gasteiger partial charge in [-0.1, -0.05) is 125 Å². The van der Waals surface area contributed by atoms with Crippen molar-refractivity contribution in [2.45, 2.75) is 119 Å². The topological polar surface area (TPSA) is 65.0 Å². The molecule has 5 aliphatic rings. The molecule has 0 spiro atoms. The number of hydrogen-bond donors (Lipinski definition) is 0. The van der Waals surface area contributed by atoms with Gasteiger partial charge in [0.15, 0.2) is 5.78 Å². The minimum absolute atomic E-state index is 0.00327. The van der Waals surface area contributed by atoms with Crippen molar-refractivity contribution < 1.29 is 19.2 Å². The summed E-state index contributed by atoms with van der Waals surface area (Å²) in [7, 11) is 0. The Hall–Kier alpha value is -2.63. The van der Waals surface area contributed by atoms with Crippen LogP contribution in [0.2, 0.25) is 10.0 Å². The average Bonchev–Trinajstić information content (AvgIpc) is 3.07. The lowest BCUT2D eigenvalue weighted by Crippen LogP contribution is -2.66. The van der Waals surface area contributed by atoms with Crippen LogP contribution in [0.3, 0.4) is 0 Å². The van der Waals surface area contributed by atoms with Crippen molar-refractivity contribution in [1.82, 2.24) is 0 Å². The summed E-state index contributed by atoms with van der Waals surface area (Å²) in [4.78, 5) is 34.3. The van der Waals surface area contributed by atoms with Gasteiger partial charge in [0.1, 0.15) is 18.9 Å². The molecule has 0 bridgehead atoms. The second-order valence-electron chi connectivity index (χ2n) is 18.7. The SMILES string of the molecule is CC1(C)CC[C@]2(C(=O)OCc3ccccc3)CC[C@]3(C)C(=CCC4[C@@]5(C)C/C(=N\OCc6ccc(Cl)cc6Cl)C(=O)C(C)(C)C5CC[C@]43C)[C@@H]2C1. The molecule has 0 N–H and O–H groups in total. The summed E-state index contributed by atoms with van der Waals surface area (Å²) in [6, 6.07) is 15.4. The van der Waals surface area contributed by atoms with E-state index in [1.807, 2.05) is 36.4 Å². The van der Waals surface area contributed by atoms with E-state index in [0.717, 1.165) is 62.5 Å². The number of halogens is 2. The van der Waals surface area contributed by atoms with Crippen LogP contribution in [0.4, 0.5) is 0 Å². The van der Waals surface area contributed by atoms with Crippen molar-refractivity contribution in [3.05, 3.63) is 81.4 Å². The maximum atomic E-state index is 14.3. The maximum Gasteiger partial charge on any atom is 0.313 e. The number of ketones is 1. The fraction of sp³-hybridized carbons (Fsp3) is 0.614. The highest BCUT2D eigenvalue weighted by atomic mass is 35.5. The molecule has 0 heterocycles. The van der Waals surface area contributed by atoms with Gasteiger partial charge in [0.2, 0.25) is 0 Å². The van der Waals surface area contributed by atoms with Gasteiger partial charge in [0, 0.05) is 27.4 Å². The maximum absolute atomic E-state index is 14.3. The lowest BCUT2D eigenvalue weighted by Gasteiger charge is -2.70. The highest BCUT2D eigenvalue weighted by Gasteiger charge is 2.70. The molecule has 7 heteroatoms. The third-order valence-corrected chi connectivity index (χ3v) is 15.8. The van der Waals surface area contributed by atoms with E-state index >= 15 is 0 Å². The number of nitrogens with zero attached hydrogens (tertiary/aromatic N) is 1. The number of esters is 1. The van der Waals surface area contributed by atoms with E-state index in [2.05, 4.69) is 59.7 Å². The molecule has 51 heavy (non-hydrogen) atoms. The van der Waals surface area contributed by atoms with Crippen molar-refractivity contribution in [2.24, 2.45) is 55.4 Å². The Labute approximate surface area is 314 Å². The number of oxime groups is 1. The van der Waals surface area contributed by atoms with Crippen LogP contribution in [0.15, 0.2) is 65.3 Å². The zero-order chi connectivity index (χ0) is 36.6. The normalized spacial score (nSPS) is 37.3. The number of fused-ring (bicyclic) bond motifs is 7. The molecule has 0 saturated heterocycles. The smallest absolute Gasteiger partial charge is 0.313 e. The standard InChI is InChI=1S/C44H55Cl2NO4/c1-39(2)19-21-44(38(49)50-26-28-11-9-8-10-12-28)22-20-42(6)31(32(44)24-39)15-16-36-41(5)25-34(47-51-27-29-13-14-30(45)23-33(29)46)37(48)40(3,4)35(41)17-18-43(36,42)7/h8-15,23,32,35-36H,16-22,24-27H2,1-7H3/b47-34+/t32-,35?,36?,41-,42+,43+,44-/m0/s1. The van der Waals surface area contributed by atoms with Gasteiger partial charge in [-0.2, -0.15) is 0 Å². The summed E-state index contributed by atoms with van der Waals surface area (Å²) in [5.41, 5.74) is 2.76. The van der Waals surface area contributed by atoms with Crippen molar-refractivity contribution in [3.63, 3.8) is 0 Å². The molecule has 2 aromatic rings. The minimum Gasteiger partial charge on any atom is -0.460 e. The number of carbonyl (C=O) groups excluding carboxylic acids is 2. The van der Waals surface area contributed by atoms with E-state index in [0.29, 0.717) is 34.7 Å². The third kappa shape index (κ3) is 5.83. The zero-order valence-electron chi connectivity index (χ0n) is 31.5. The molecule has 5 nitrogen and oxygen atoms in total. The Bertz CT molecular complexity index is 1780. The Kier molecular flexibility index (Phi) is 9.18. The number of benzene rings is 2. The predicted octanol–water partition coefficient (Wildman–Crippen LogP) is 11.6. The molecule has 7 rings (SSSR count).